The molecule has 0 saturated carbocycles. The van der Waals surface area contributed by atoms with E-state index < -0.39 is 68.8 Å². The number of nitrogens with two attached hydrogens (primary N) is 1. The first kappa shape index (κ1) is 29.9. The van der Waals surface area contributed by atoms with Crippen molar-refractivity contribution in [2.24, 2.45) is 11.7 Å². The van der Waals surface area contributed by atoms with E-state index in [4.69, 9.17) is 5.73 Å². The Bertz CT molecular complexity index is 1160. The zero-order valence-corrected chi connectivity index (χ0v) is 21.9. The molecule has 1 unspecified atom stereocenters. The van der Waals surface area contributed by atoms with Crippen molar-refractivity contribution >= 4 is 27.6 Å². The first-order chi connectivity index (χ1) is 17.2. The molecule has 13 heteroatoms. The van der Waals surface area contributed by atoms with E-state index >= 15 is 0 Å². The summed E-state index contributed by atoms with van der Waals surface area (Å²) in [6, 6.07) is 7.59. The van der Waals surface area contributed by atoms with Gasteiger partial charge in [0.05, 0.1) is 36.8 Å². The second-order valence-corrected chi connectivity index (χ2v) is 12.3. The lowest BCUT2D eigenvalue weighted by molar-refractivity contribution is -0.129. The van der Waals surface area contributed by atoms with E-state index in [-0.39, 0.29) is 12.8 Å². The minimum Gasteiger partial charge on any atom is -0.394 e. The van der Waals surface area contributed by atoms with Crippen LogP contribution in [0.3, 0.4) is 0 Å². The normalized spacial score (nSPS) is 14.0. The van der Waals surface area contributed by atoms with E-state index in [1.165, 1.54) is 33.3 Å². The molecular weight excluding hydrogens is 502 g/mol. The zero-order chi connectivity index (χ0) is 27.9. The fourth-order valence-corrected chi connectivity index (χ4v) is 4.97. The number of aliphatic hydroxyl groups is 2. The third kappa shape index (κ3) is 7.84. The van der Waals surface area contributed by atoms with Gasteiger partial charge in [0.25, 0.3) is 0 Å². The van der Waals surface area contributed by atoms with E-state index in [1.807, 2.05) is 0 Å². The molecule has 2 atom stereocenters. The summed E-state index contributed by atoms with van der Waals surface area (Å²) in [5.41, 5.74) is 5.26. The molecule has 12 nitrogen and oxygen atoms in total. The average Bonchev–Trinajstić information content (AvgIpc) is 3.36. The van der Waals surface area contributed by atoms with Crippen molar-refractivity contribution in [3.63, 3.8) is 0 Å². The first-order valence-corrected chi connectivity index (χ1v) is 13.3. The van der Waals surface area contributed by atoms with Gasteiger partial charge in [-0.2, -0.15) is 0 Å². The number of aromatic amines is 1. The second-order valence-electron chi connectivity index (χ2n) is 9.75. The number of benzene rings is 1. The van der Waals surface area contributed by atoms with E-state index in [1.54, 1.807) is 30.3 Å². The fraction of sp³-hybridized carbons (Fsp3) is 0.500. The quantitative estimate of drug-likeness (QED) is 0.173. The number of hydrogen-bond donors (Lipinski definition) is 6. The summed E-state index contributed by atoms with van der Waals surface area (Å²) in [6.45, 7) is 2.51. The number of H-pyrrole nitrogens is 1. The monoisotopic (exact) mass is 537 g/mol. The van der Waals surface area contributed by atoms with Crippen LogP contribution in [0.15, 0.2) is 42.9 Å². The van der Waals surface area contributed by atoms with Crippen LogP contribution in [0.2, 0.25) is 0 Å². The minimum absolute atomic E-state index is 0.0180. The highest BCUT2D eigenvalue weighted by molar-refractivity contribution is 7.93. The van der Waals surface area contributed by atoms with Crippen molar-refractivity contribution in [2.45, 2.75) is 49.9 Å². The van der Waals surface area contributed by atoms with Gasteiger partial charge in [-0.15, -0.1) is 0 Å². The lowest BCUT2D eigenvalue weighted by atomic mass is 9.99. The number of primary amides is 1. The maximum absolute atomic E-state index is 13.5. The molecule has 0 saturated heterocycles. The SMILES string of the molecule is CC(CO)(CO)NC(=O)C(C)(C)S(=O)(=O)C[C@@H](Cc1ccccc1)C(=O)NC(Cc1cnc[nH]1)C(N)=O. The Balaban J connectivity index is 2.32. The molecule has 7 N–H and O–H groups in total. The Morgan fingerprint density at radius 3 is 2.22 bits per heavy atom. The molecule has 0 fully saturated rings. The first-order valence-electron chi connectivity index (χ1n) is 11.6. The predicted molar refractivity (Wildman–Crippen MR) is 136 cm³/mol. The van der Waals surface area contributed by atoms with Gasteiger partial charge in [0.1, 0.15) is 10.8 Å². The standard InChI is InChI=1S/C24H35N5O7S/c1-23(2,22(34)29-24(3,13-30)14-31)37(35,36)12-17(9-16-7-5-4-6-8-16)21(33)28-19(20(25)32)10-18-11-26-15-27-18/h4-8,11,15,17,19,30-31H,9-10,12-14H2,1-3H3,(H2,25,32)(H,26,27)(H,28,33)(H,29,34)/t17-,19?/m1/s1. The average molecular weight is 538 g/mol. The summed E-state index contributed by atoms with van der Waals surface area (Å²) >= 11 is 0. The van der Waals surface area contributed by atoms with E-state index in [0.29, 0.717) is 11.3 Å². The van der Waals surface area contributed by atoms with Crippen molar-refractivity contribution in [2.75, 3.05) is 19.0 Å². The lowest BCUT2D eigenvalue weighted by Crippen LogP contribution is -2.59. The molecule has 204 valence electrons. The Kier molecular flexibility index (Phi) is 9.95. The summed E-state index contributed by atoms with van der Waals surface area (Å²) in [5, 5.41) is 23.9. The van der Waals surface area contributed by atoms with E-state index in [0.717, 1.165) is 0 Å². The van der Waals surface area contributed by atoms with Gasteiger partial charge in [-0.1, -0.05) is 30.3 Å². The molecular formula is C24H35N5O7S. The smallest absolute Gasteiger partial charge is 0.241 e. The molecule has 37 heavy (non-hydrogen) atoms. The number of rotatable bonds is 14. The number of nitrogens with zero attached hydrogens (tertiary/aromatic N) is 1. The largest absolute Gasteiger partial charge is 0.394 e. The molecule has 3 amide bonds. The van der Waals surface area contributed by atoms with Crippen molar-refractivity contribution in [3.05, 3.63) is 54.1 Å². The van der Waals surface area contributed by atoms with Crippen LogP contribution in [0.1, 0.15) is 32.0 Å². The molecule has 0 aliphatic carbocycles. The van der Waals surface area contributed by atoms with Crippen LogP contribution in [0.4, 0.5) is 0 Å². The molecule has 2 aromatic rings. The Morgan fingerprint density at radius 1 is 1.08 bits per heavy atom. The maximum Gasteiger partial charge on any atom is 0.241 e. The lowest BCUT2D eigenvalue weighted by Gasteiger charge is -2.32. The summed E-state index contributed by atoms with van der Waals surface area (Å²) < 4.78 is 24.9. The molecule has 0 aliphatic rings. The number of nitrogens with one attached hydrogen (secondary N) is 3. The van der Waals surface area contributed by atoms with Crippen LogP contribution < -0.4 is 16.4 Å². The van der Waals surface area contributed by atoms with Gasteiger partial charge < -0.3 is 31.6 Å². The van der Waals surface area contributed by atoms with Gasteiger partial charge in [-0.25, -0.2) is 13.4 Å². The predicted octanol–water partition coefficient (Wildman–Crippen LogP) is -1.17. The van der Waals surface area contributed by atoms with Crippen molar-refractivity contribution in [3.8, 4) is 0 Å². The van der Waals surface area contributed by atoms with Crippen LogP contribution in [-0.2, 0) is 37.1 Å². The topological polar surface area (TPSA) is 205 Å². The third-order valence-electron chi connectivity index (χ3n) is 6.19. The Labute approximate surface area is 216 Å². The van der Waals surface area contributed by atoms with Crippen molar-refractivity contribution in [1.82, 2.24) is 20.6 Å². The van der Waals surface area contributed by atoms with Crippen LogP contribution >= 0.6 is 0 Å². The minimum atomic E-state index is -4.29. The number of hydrogen-bond acceptors (Lipinski definition) is 8. The number of carbonyl (C=O) groups is 3. The third-order valence-corrected chi connectivity index (χ3v) is 8.77. The highest BCUT2D eigenvalue weighted by Gasteiger charge is 2.45. The van der Waals surface area contributed by atoms with Crippen LogP contribution in [0.25, 0.3) is 0 Å². The molecule has 1 aromatic heterocycles. The molecule has 0 spiro atoms. The number of aliphatic hydroxyl groups excluding tert-OH is 2. The number of imidazole rings is 1. The summed E-state index contributed by atoms with van der Waals surface area (Å²) in [5.74, 6) is -4.34. The zero-order valence-electron chi connectivity index (χ0n) is 21.1. The van der Waals surface area contributed by atoms with E-state index in [9.17, 15) is 33.0 Å². The van der Waals surface area contributed by atoms with E-state index in [2.05, 4.69) is 20.6 Å². The summed E-state index contributed by atoms with van der Waals surface area (Å²) in [7, 11) is -4.29. The van der Waals surface area contributed by atoms with Gasteiger partial charge in [0.2, 0.25) is 17.7 Å². The molecule has 1 aromatic carbocycles. The van der Waals surface area contributed by atoms with Gasteiger partial charge in [0, 0.05) is 18.3 Å². The Morgan fingerprint density at radius 2 is 1.70 bits per heavy atom. The fourth-order valence-electron chi connectivity index (χ4n) is 3.42. The number of sulfone groups is 1. The number of aromatic nitrogens is 2. The summed E-state index contributed by atoms with van der Waals surface area (Å²) in [6.07, 6.45) is 2.93. The maximum atomic E-state index is 13.5. The molecule has 1 heterocycles. The molecule has 2 rings (SSSR count). The van der Waals surface area contributed by atoms with Crippen LogP contribution in [0, 0.1) is 5.92 Å². The van der Waals surface area contributed by atoms with Crippen LogP contribution in [0.5, 0.6) is 0 Å². The Hall–Kier alpha value is -3.29. The highest BCUT2D eigenvalue weighted by atomic mass is 32.2. The molecule has 0 radical (unpaired) electrons. The molecule has 0 bridgehead atoms. The second kappa shape index (κ2) is 12.3. The van der Waals surface area contributed by atoms with Gasteiger partial charge in [0.15, 0.2) is 9.84 Å². The van der Waals surface area contributed by atoms with Crippen molar-refractivity contribution < 1.29 is 33.0 Å². The van der Waals surface area contributed by atoms with Gasteiger partial charge in [-0.3, -0.25) is 14.4 Å². The molecule has 0 aliphatic heterocycles. The van der Waals surface area contributed by atoms with Crippen LogP contribution in [-0.4, -0.2) is 81.6 Å². The number of amides is 3. The van der Waals surface area contributed by atoms with Gasteiger partial charge in [-0.05, 0) is 32.8 Å². The number of carbonyl (C=O) groups excluding carboxylic acids is 3. The van der Waals surface area contributed by atoms with Crippen molar-refractivity contribution in [1.29, 1.82) is 0 Å². The highest BCUT2D eigenvalue weighted by Crippen LogP contribution is 2.24. The summed E-state index contributed by atoms with van der Waals surface area (Å²) in [4.78, 5) is 44.9. The van der Waals surface area contributed by atoms with Gasteiger partial charge >= 0.3 is 0 Å².